The van der Waals surface area contributed by atoms with Crippen LogP contribution in [0.3, 0.4) is 0 Å². The smallest absolute Gasteiger partial charge is 0.226 e. The van der Waals surface area contributed by atoms with Gasteiger partial charge < -0.3 is 15.0 Å². The van der Waals surface area contributed by atoms with E-state index >= 15 is 0 Å². The molecular weight excluding hydrogens is 230 g/mol. The van der Waals surface area contributed by atoms with E-state index in [4.69, 9.17) is 15.0 Å². The van der Waals surface area contributed by atoms with Gasteiger partial charge in [0, 0.05) is 13.5 Å². The second kappa shape index (κ2) is 6.85. The molecule has 0 bridgehead atoms. The van der Waals surface area contributed by atoms with Gasteiger partial charge in [0.1, 0.15) is 6.10 Å². The Morgan fingerprint density at radius 1 is 1.28 bits per heavy atom. The minimum atomic E-state index is -0.140. The minimum absolute atomic E-state index is 0.0462. The summed E-state index contributed by atoms with van der Waals surface area (Å²) in [5.74, 6) is 1.33. The lowest BCUT2D eigenvalue weighted by Crippen LogP contribution is -2.21. The third kappa shape index (κ3) is 4.38. The number of aryl methyl sites for hydroxylation is 1. The molecule has 0 fully saturated rings. The summed E-state index contributed by atoms with van der Waals surface area (Å²) in [6.45, 7) is 7.03. The van der Waals surface area contributed by atoms with Crippen molar-refractivity contribution in [2.45, 2.75) is 52.6 Å². The molecule has 1 heterocycles. The lowest BCUT2D eigenvalue weighted by molar-refractivity contribution is 0.00718. The number of methoxy groups -OCH3 is 1. The minimum Gasteiger partial charge on any atom is -0.373 e. The predicted molar refractivity (Wildman–Crippen MR) is 70.1 cm³/mol. The maximum absolute atomic E-state index is 5.46. The van der Waals surface area contributed by atoms with Gasteiger partial charge in [-0.25, -0.2) is 0 Å². The Labute approximate surface area is 109 Å². The van der Waals surface area contributed by atoms with Gasteiger partial charge in [-0.15, -0.1) is 0 Å². The molecule has 1 atom stereocenters. The molecule has 1 unspecified atom stereocenters. The van der Waals surface area contributed by atoms with E-state index in [0.717, 1.165) is 32.2 Å². The Balaban J connectivity index is 2.56. The standard InChI is InChI=1S/C13H25N3O2/c1-13(2,3)11(17-4)12-15-10(18-16-12)8-6-5-7-9-14/h11H,5-9,14H2,1-4H3. The normalized spacial score (nSPS) is 13.8. The van der Waals surface area contributed by atoms with Crippen LogP contribution >= 0.6 is 0 Å². The summed E-state index contributed by atoms with van der Waals surface area (Å²) in [5.41, 5.74) is 5.40. The van der Waals surface area contributed by atoms with E-state index in [9.17, 15) is 0 Å². The molecule has 0 saturated heterocycles. The van der Waals surface area contributed by atoms with E-state index in [1.165, 1.54) is 0 Å². The van der Waals surface area contributed by atoms with Gasteiger partial charge in [-0.1, -0.05) is 32.3 Å². The fraction of sp³-hybridized carbons (Fsp3) is 0.846. The van der Waals surface area contributed by atoms with E-state index in [2.05, 4.69) is 30.9 Å². The van der Waals surface area contributed by atoms with Crippen LogP contribution in [0.1, 0.15) is 57.9 Å². The molecule has 1 aromatic heterocycles. The Morgan fingerprint density at radius 3 is 2.56 bits per heavy atom. The topological polar surface area (TPSA) is 74.2 Å². The molecule has 0 spiro atoms. The van der Waals surface area contributed by atoms with Crippen molar-refractivity contribution in [2.75, 3.05) is 13.7 Å². The number of ether oxygens (including phenoxy) is 1. The molecule has 104 valence electrons. The van der Waals surface area contributed by atoms with Crippen molar-refractivity contribution in [1.82, 2.24) is 10.1 Å². The molecule has 0 aliphatic rings. The van der Waals surface area contributed by atoms with E-state index in [-0.39, 0.29) is 11.5 Å². The van der Waals surface area contributed by atoms with Crippen LogP contribution in [-0.4, -0.2) is 23.8 Å². The Kier molecular flexibility index (Phi) is 5.75. The third-order valence-corrected chi connectivity index (χ3v) is 2.84. The van der Waals surface area contributed by atoms with Crippen LogP contribution in [0.5, 0.6) is 0 Å². The maximum atomic E-state index is 5.46. The van der Waals surface area contributed by atoms with Crippen LogP contribution in [0.4, 0.5) is 0 Å². The van der Waals surface area contributed by atoms with Crippen LogP contribution in [0, 0.1) is 5.41 Å². The van der Waals surface area contributed by atoms with Gasteiger partial charge >= 0.3 is 0 Å². The van der Waals surface area contributed by atoms with E-state index in [1.54, 1.807) is 7.11 Å². The zero-order valence-corrected chi connectivity index (χ0v) is 11.9. The zero-order valence-electron chi connectivity index (χ0n) is 11.9. The molecule has 5 nitrogen and oxygen atoms in total. The first-order valence-electron chi connectivity index (χ1n) is 6.54. The largest absolute Gasteiger partial charge is 0.373 e. The van der Waals surface area contributed by atoms with Gasteiger partial charge in [-0.2, -0.15) is 4.98 Å². The predicted octanol–water partition coefficient (Wildman–Crippen LogP) is 2.47. The first kappa shape index (κ1) is 15.1. The quantitative estimate of drug-likeness (QED) is 0.758. The fourth-order valence-electron chi connectivity index (χ4n) is 1.92. The number of hydrogen-bond donors (Lipinski definition) is 1. The number of unbranched alkanes of at least 4 members (excludes halogenated alkanes) is 2. The molecule has 0 radical (unpaired) electrons. The number of hydrogen-bond acceptors (Lipinski definition) is 5. The monoisotopic (exact) mass is 255 g/mol. The zero-order chi connectivity index (χ0) is 13.6. The van der Waals surface area contributed by atoms with Gasteiger partial charge in [-0.3, -0.25) is 0 Å². The van der Waals surface area contributed by atoms with Gasteiger partial charge in [0.05, 0.1) is 0 Å². The number of nitrogens with two attached hydrogens (primary N) is 1. The molecule has 0 aliphatic carbocycles. The molecule has 5 heteroatoms. The van der Waals surface area contributed by atoms with Crippen molar-refractivity contribution in [3.63, 3.8) is 0 Å². The molecule has 0 saturated carbocycles. The lowest BCUT2D eigenvalue weighted by atomic mass is 9.88. The van der Waals surface area contributed by atoms with Crippen molar-refractivity contribution in [3.8, 4) is 0 Å². The van der Waals surface area contributed by atoms with Gasteiger partial charge in [0.15, 0.2) is 0 Å². The van der Waals surface area contributed by atoms with Crippen molar-refractivity contribution in [1.29, 1.82) is 0 Å². The van der Waals surface area contributed by atoms with Crippen molar-refractivity contribution >= 4 is 0 Å². The van der Waals surface area contributed by atoms with Crippen molar-refractivity contribution < 1.29 is 9.26 Å². The highest BCUT2D eigenvalue weighted by molar-refractivity contribution is 4.96. The van der Waals surface area contributed by atoms with Crippen LogP contribution < -0.4 is 5.73 Å². The van der Waals surface area contributed by atoms with Crippen LogP contribution in [0.15, 0.2) is 4.52 Å². The molecule has 0 amide bonds. The average molecular weight is 255 g/mol. The van der Waals surface area contributed by atoms with E-state index in [0.29, 0.717) is 11.7 Å². The first-order valence-corrected chi connectivity index (χ1v) is 6.54. The SMILES string of the molecule is COC(c1noc(CCCCCN)n1)C(C)(C)C. The molecule has 1 aromatic rings. The van der Waals surface area contributed by atoms with Crippen LogP contribution in [-0.2, 0) is 11.2 Å². The average Bonchev–Trinajstić information content (AvgIpc) is 2.72. The fourth-order valence-corrected chi connectivity index (χ4v) is 1.92. The lowest BCUT2D eigenvalue weighted by Gasteiger charge is -2.26. The highest BCUT2D eigenvalue weighted by Crippen LogP contribution is 2.33. The van der Waals surface area contributed by atoms with Gasteiger partial charge in [0.25, 0.3) is 0 Å². The van der Waals surface area contributed by atoms with Gasteiger partial charge in [0.2, 0.25) is 11.7 Å². The molecular formula is C13H25N3O2. The van der Waals surface area contributed by atoms with Crippen LogP contribution in [0.25, 0.3) is 0 Å². The highest BCUT2D eigenvalue weighted by atomic mass is 16.5. The molecule has 0 aliphatic heterocycles. The third-order valence-electron chi connectivity index (χ3n) is 2.84. The summed E-state index contributed by atoms with van der Waals surface area (Å²) >= 11 is 0. The molecule has 2 N–H and O–H groups in total. The van der Waals surface area contributed by atoms with Crippen LogP contribution in [0.2, 0.25) is 0 Å². The first-order chi connectivity index (χ1) is 8.49. The summed E-state index contributed by atoms with van der Waals surface area (Å²) in [4.78, 5) is 4.41. The summed E-state index contributed by atoms with van der Waals surface area (Å²) in [7, 11) is 1.67. The van der Waals surface area contributed by atoms with Crippen molar-refractivity contribution in [3.05, 3.63) is 11.7 Å². The Morgan fingerprint density at radius 2 is 2.00 bits per heavy atom. The summed E-state index contributed by atoms with van der Waals surface area (Å²) in [6.07, 6.45) is 3.85. The van der Waals surface area contributed by atoms with E-state index < -0.39 is 0 Å². The van der Waals surface area contributed by atoms with Crippen molar-refractivity contribution in [2.24, 2.45) is 11.1 Å². The van der Waals surface area contributed by atoms with E-state index in [1.807, 2.05) is 0 Å². The molecule has 1 rings (SSSR count). The second-order valence-corrected chi connectivity index (χ2v) is 5.63. The number of nitrogens with zero attached hydrogens (tertiary/aromatic N) is 2. The Bertz CT molecular complexity index is 344. The summed E-state index contributed by atoms with van der Waals surface area (Å²) < 4.78 is 10.7. The number of aromatic nitrogens is 2. The highest BCUT2D eigenvalue weighted by Gasteiger charge is 2.30. The summed E-state index contributed by atoms with van der Waals surface area (Å²) in [5, 5.41) is 4.02. The Hall–Kier alpha value is -0.940. The number of rotatable bonds is 7. The maximum Gasteiger partial charge on any atom is 0.226 e. The second-order valence-electron chi connectivity index (χ2n) is 5.63. The summed E-state index contributed by atoms with van der Waals surface area (Å²) in [6, 6.07) is 0. The molecule has 18 heavy (non-hydrogen) atoms. The molecule has 0 aromatic carbocycles. The van der Waals surface area contributed by atoms with Gasteiger partial charge in [-0.05, 0) is 24.8 Å².